The SMILES string of the molecule is COc1ccccc1NCC1CN(C)CCN1. The number of methoxy groups -OCH3 is 1. The van der Waals surface area contributed by atoms with Gasteiger partial charge in [0, 0.05) is 32.2 Å². The fraction of sp³-hybridized carbons (Fsp3) is 0.538. The maximum atomic E-state index is 5.31. The quantitative estimate of drug-likeness (QED) is 0.816. The molecule has 0 bridgehead atoms. The molecule has 2 N–H and O–H groups in total. The van der Waals surface area contributed by atoms with Crippen LogP contribution in [0.25, 0.3) is 0 Å². The summed E-state index contributed by atoms with van der Waals surface area (Å²) in [4.78, 5) is 2.35. The molecule has 0 amide bonds. The molecule has 1 heterocycles. The topological polar surface area (TPSA) is 36.5 Å². The van der Waals surface area contributed by atoms with Crippen LogP contribution in [0.15, 0.2) is 24.3 Å². The maximum absolute atomic E-state index is 5.31. The number of nitrogens with one attached hydrogen (secondary N) is 2. The first kappa shape index (κ1) is 12.2. The van der Waals surface area contributed by atoms with Gasteiger partial charge in [-0.15, -0.1) is 0 Å². The number of benzene rings is 1. The van der Waals surface area contributed by atoms with Crippen molar-refractivity contribution in [1.29, 1.82) is 0 Å². The van der Waals surface area contributed by atoms with E-state index in [1.807, 2.05) is 24.3 Å². The van der Waals surface area contributed by atoms with Crippen molar-refractivity contribution >= 4 is 5.69 Å². The van der Waals surface area contributed by atoms with Crippen molar-refractivity contribution < 1.29 is 4.74 Å². The van der Waals surface area contributed by atoms with Crippen LogP contribution in [0.3, 0.4) is 0 Å². The second-order valence-electron chi connectivity index (χ2n) is 4.49. The van der Waals surface area contributed by atoms with Gasteiger partial charge in [-0.3, -0.25) is 0 Å². The molecule has 1 aliphatic rings. The molecule has 1 aromatic carbocycles. The zero-order chi connectivity index (χ0) is 12.1. The highest BCUT2D eigenvalue weighted by molar-refractivity contribution is 5.56. The Morgan fingerprint density at radius 3 is 3.06 bits per heavy atom. The van der Waals surface area contributed by atoms with Gasteiger partial charge in [-0.05, 0) is 19.2 Å². The lowest BCUT2D eigenvalue weighted by Gasteiger charge is -2.31. The van der Waals surface area contributed by atoms with Crippen LogP contribution >= 0.6 is 0 Å². The third-order valence-corrected chi connectivity index (χ3v) is 3.10. The fourth-order valence-electron chi connectivity index (χ4n) is 2.15. The fourth-order valence-corrected chi connectivity index (χ4v) is 2.15. The Balaban J connectivity index is 1.88. The van der Waals surface area contributed by atoms with E-state index in [9.17, 15) is 0 Å². The molecule has 4 heteroatoms. The van der Waals surface area contributed by atoms with Crippen LogP contribution in [-0.4, -0.2) is 51.3 Å². The van der Waals surface area contributed by atoms with Crippen LogP contribution in [0.1, 0.15) is 0 Å². The van der Waals surface area contributed by atoms with Crippen LogP contribution in [0, 0.1) is 0 Å². The van der Waals surface area contributed by atoms with Gasteiger partial charge < -0.3 is 20.3 Å². The van der Waals surface area contributed by atoms with Crippen LogP contribution in [0.5, 0.6) is 5.75 Å². The van der Waals surface area contributed by atoms with E-state index < -0.39 is 0 Å². The smallest absolute Gasteiger partial charge is 0.141 e. The summed E-state index contributed by atoms with van der Waals surface area (Å²) in [6.07, 6.45) is 0. The second-order valence-corrected chi connectivity index (χ2v) is 4.49. The highest BCUT2D eigenvalue weighted by Gasteiger charge is 2.16. The van der Waals surface area contributed by atoms with Gasteiger partial charge in [0.1, 0.15) is 5.75 Å². The third kappa shape index (κ3) is 3.35. The Morgan fingerprint density at radius 2 is 2.29 bits per heavy atom. The van der Waals surface area contributed by atoms with E-state index in [0.717, 1.165) is 37.6 Å². The van der Waals surface area contributed by atoms with Gasteiger partial charge >= 0.3 is 0 Å². The van der Waals surface area contributed by atoms with E-state index in [1.165, 1.54) is 0 Å². The molecule has 4 nitrogen and oxygen atoms in total. The Kier molecular flexibility index (Phi) is 4.23. The zero-order valence-electron chi connectivity index (χ0n) is 10.6. The first-order valence-corrected chi connectivity index (χ1v) is 6.08. The number of hydrogen-bond acceptors (Lipinski definition) is 4. The largest absolute Gasteiger partial charge is 0.495 e. The van der Waals surface area contributed by atoms with Crippen molar-refractivity contribution in [3.05, 3.63) is 24.3 Å². The number of para-hydroxylation sites is 2. The lowest BCUT2D eigenvalue weighted by molar-refractivity contribution is 0.244. The summed E-state index contributed by atoms with van der Waals surface area (Å²) in [6, 6.07) is 8.52. The van der Waals surface area contributed by atoms with Gasteiger partial charge in [0.05, 0.1) is 12.8 Å². The van der Waals surface area contributed by atoms with Crippen molar-refractivity contribution in [3.63, 3.8) is 0 Å². The predicted molar refractivity (Wildman–Crippen MR) is 70.8 cm³/mol. The van der Waals surface area contributed by atoms with Gasteiger partial charge in [0.25, 0.3) is 0 Å². The van der Waals surface area contributed by atoms with Crippen LogP contribution in [-0.2, 0) is 0 Å². The third-order valence-electron chi connectivity index (χ3n) is 3.10. The number of likely N-dealkylation sites (N-methyl/N-ethyl adjacent to an activating group) is 1. The molecule has 1 atom stereocenters. The van der Waals surface area contributed by atoms with Crippen LogP contribution in [0.2, 0.25) is 0 Å². The molecule has 94 valence electrons. The minimum Gasteiger partial charge on any atom is -0.495 e. The molecule has 0 saturated carbocycles. The first-order chi connectivity index (χ1) is 8.29. The molecule has 17 heavy (non-hydrogen) atoms. The Hall–Kier alpha value is -1.26. The van der Waals surface area contributed by atoms with E-state index in [2.05, 4.69) is 22.6 Å². The predicted octanol–water partition coefficient (Wildman–Crippen LogP) is 1.01. The van der Waals surface area contributed by atoms with Gasteiger partial charge in [-0.1, -0.05) is 12.1 Å². The molecule has 1 aliphatic heterocycles. The summed E-state index contributed by atoms with van der Waals surface area (Å²) < 4.78 is 5.31. The van der Waals surface area contributed by atoms with Crippen LogP contribution < -0.4 is 15.4 Å². The van der Waals surface area contributed by atoms with E-state index in [4.69, 9.17) is 4.74 Å². The monoisotopic (exact) mass is 235 g/mol. The molecule has 1 aromatic rings. The van der Waals surface area contributed by atoms with Crippen molar-refractivity contribution in [2.24, 2.45) is 0 Å². The molecule has 0 aromatic heterocycles. The van der Waals surface area contributed by atoms with Gasteiger partial charge in [-0.2, -0.15) is 0 Å². The number of rotatable bonds is 4. The van der Waals surface area contributed by atoms with Crippen molar-refractivity contribution in [3.8, 4) is 5.75 Å². The Labute approximate surface area is 103 Å². The summed E-state index contributed by atoms with van der Waals surface area (Å²) in [5.74, 6) is 0.900. The number of anilines is 1. The summed E-state index contributed by atoms with van der Waals surface area (Å²) >= 11 is 0. The molecular formula is C13H21N3O. The van der Waals surface area contributed by atoms with E-state index >= 15 is 0 Å². The average Bonchev–Trinajstić information content (AvgIpc) is 2.37. The van der Waals surface area contributed by atoms with Crippen molar-refractivity contribution in [2.45, 2.75) is 6.04 Å². The van der Waals surface area contributed by atoms with Crippen LogP contribution in [0.4, 0.5) is 5.69 Å². The average molecular weight is 235 g/mol. The minimum absolute atomic E-state index is 0.499. The molecule has 1 unspecified atom stereocenters. The molecule has 1 fully saturated rings. The summed E-state index contributed by atoms with van der Waals surface area (Å²) in [6.45, 7) is 4.20. The van der Waals surface area contributed by atoms with E-state index in [0.29, 0.717) is 6.04 Å². The molecular weight excluding hydrogens is 214 g/mol. The van der Waals surface area contributed by atoms with Gasteiger partial charge in [0.2, 0.25) is 0 Å². The first-order valence-electron chi connectivity index (χ1n) is 6.08. The number of piperazine rings is 1. The van der Waals surface area contributed by atoms with Gasteiger partial charge in [-0.25, -0.2) is 0 Å². The Morgan fingerprint density at radius 1 is 1.47 bits per heavy atom. The maximum Gasteiger partial charge on any atom is 0.141 e. The minimum atomic E-state index is 0.499. The summed E-state index contributed by atoms with van der Waals surface area (Å²) in [5.41, 5.74) is 1.06. The molecule has 0 spiro atoms. The lowest BCUT2D eigenvalue weighted by atomic mass is 10.2. The second kappa shape index (κ2) is 5.89. The number of hydrogen-bond donors (Lipinski definition) is 2. The van der Waals surface area contributed by atoms with E-state index in [1.54, 1.807) is 7.11 Å². The standard InChI is InChI=1S/C13H21N3O/c1-16-8-7-14-11(10-16)9-15-12-5-3-4-6-13(12)17-2/h3-6,11,14-15H,7-10H2,1-2H3. The summed E-state index contributed by atoms with van der Waals surface area (Å²) in [7, 11) is 3.87. The molecule has 2 rings (SSSR count). The number of ether oxygens (including phenoxy) is 1. The Bertz CT molecular complexity index is 356. The van der Waals surface area contributed by atoms with Crippen molar-refractivity contribution in [2.75, 3.05) is 45.7 Å². The number of nitrogens with zero attached hydrogens (tertiary/aromatic N) is 1. The van der Waals surface area contributed by atoms with E-state index in [-0.39, 0.29) is 0 Å². The van der Waals surface area contributed by atoms with Crippen molar-refractivity contribution in [1.82, 2.24) is 10.2 Å². The zero-order valence-corrected chi connectivity index (χ0v) is 10.6. The highest BCUT2D eigenvalue weighted by atomic mass is 16.5. The molecule has 1 saturated heterocycles. The highest BCUT2D eigenvalue weighted by Crippen LogP contribution is 2.22. The molecule has 0 radical (unpaired) electrons. The molecule has 0 aliphatic carbocycles. The normalized spacial score (nSPS) is 21.2. The van der Waals surface area contributed by atoms with Gasteiger partial charge in [0.15, 0.2) is 0 Å². The lowest BCUT2D eigenvalue weighted by Crippen LogP contribution is -2.51. The summed E-state index contributed by atoms with van der Waals surface area (Å²) in [5, 5.41) is 6.95.